The number of H-pyrrole nitrogens is 2. The van der Waals surface area contributed by atoms with E-state index in [9.17, 15) is 9.59 Å². The summed E-state index contributed by atoms with van der Waals surface area (Å²) in [6.45, 7) is 6.43. The molecule has 3 N–H and O–H groups in total. The van der Waals surface area contributed by atoms with Crippen LogP contribution < -0.4 is 10.2 Å². The van der Waals surface area contributed by atoms with Crippen LogP contribution in [0.3, 0.4) is 0 Å². The van der Waals surface area contributed by atoms with Gasteiger partial charge >= 0.3 is 0 Å². The fourth-order valence-electron chi connectivity index (χ4n) is 4.01. The molecule has 4 aromatic rings. The van der Waals surface area contributed by atoms with Gasteiger partial charge in [-0.3, -0.25) is 19.7 Å². The summed E-state index contributed by atoms with van der Waals surface area (Å²) in [6.07, 6.45) is 3.17. The first-order valence-electron chi connectivity index (χ1n) is 10.0. The summed E-state index contributed by atoms with van der Waals surface area (Å²) in [5.41, 5.74) is 4.07. The molecule has 0 bridgehead atoms. The van der Waals surface area contributed by atoms with Crippen LogP contribution in [0.5, 0.6) is 0 Å². The largest absolute Gasteiger partial charge is 0.337 e. The highest BCUT2D eigenvalue weighted by Crippen LogP contribution is 2.43. The van der Waals surface area contributed by atoms with Crippen LogP contribution in [0.25, 0.3) is 22.6 Å². The summed E-state index contributed by atoms with van der Waals surface area (Å²) in [6, 6.07) is 9.05. The number of imidazole rings is 1. The zero-order valence-corrected chi connectivity index (χ0v) is 17.4. The fraction of sp³-hybridized carbons (Fsp3) is 0.227. The fourth-order valence-corrected chi connectivity index (χ4v) is 4.01. The van der Waals surface area contributed by atoms with E-state index in [4.69, 9.17) is 0 Å². The van der Waals surface area contributed by atoms with Crippen molar-refractivity contribution in [3.8, 4) is 11.5 Å². The smallest absolute Gasteiger partial charge is 0.274 e. The number of pyridine rings is 1. The second-order valence-corrected chi connectivity index (χ2v) is 7.96. The first-order chi connectivity index (χ1) is 14.9. The minimum atomic E-state index is -0.598. The molecule has 4 heterocycles. The van der Waals surface area contributed by atoms with E-state index in [1.165, 1.54) is 0 Å². The lowest BCUT2D eigenvalue weighted by molar-refractivity contribution is -0.122. The average Bonchev–Trinajstić information content (AvgIpc) is 3.43. The third-order valence-electron chi connectivity index (χ3n) is 5.67. The van der Waals surface area contributed by atoms with Crippen molar-refractivity contribution in [2.45, 2.75) is 26.2 Å². The number of nitrogens with zero attached hydrogens (tertiary/aromatic N) is 4. The zero-order valence-electron chi connectivity index (χ0n) is 17.4. The van der Waals surface area contributed by atoms with Crippen molar-refractivity contribution in [1.29, 1.82) is 0 Å². The first kappa shape index (κ1) is 19.0. The Bertz CT molecular complexity index is 1320. The Balaban J connectivity index is 1.53. The van der Waals surface area contributed by atoms with Crippen LogP contribution in [0.15, 0.2) is 42.7 Å². The molecular formula is C22H21N7O2. The van der Waals surface area contributed by atoms with E-state index in [0.29, 0.717) is 29.4 Å². The maximum Gasteiger partial charge on any atom is 0.274 e. The second-order valence-electron chi connectivity index (χ2n) is 7.96. The Morgan fingerprint density at radius 3 is 2.84 bits per heavy atom. The molecule has 156 valence electrons. The van der Waals surface area contributed by atoms with E-state index in [-0.39, 0.29) is 11.8 Å². The highest BCUT2D eigenvalue weighted by atomic mass is 16.2. The molecule has 0 saturated heterocycles. The van der Waals surface area contributed by atoms with Gasteiger partial charge in [0.05, 0.1) is 27.8 Å². The predicted molar refractivity (Wildman–Crippen MR) is 117 cm³/mol. The molecule has 0 saturated carbocycles. The summed E-state index contributed by atoms with van der Waals surface area (Å²) in [7, 11) is 0. The normalized spacial score (nSPS) is 14.8. The van der Waals surface area contributed by atoms with Crippen LogP contribution in [0.2, 0.25) is 0 Å². The predicted octanol–water partition coefficient (Wildman–Crippen LogP) is 3.24. The molecular weight excluding hydrogens is 394 g/mol. The third-order valence-corrected chi connectivity index (χ3v) is 5.67. The van der Waals surface area contributed by atoms with Crippen molar-refractivity contribution < 1.29 is 9.59 Å². The van der Waals surface area contributed by atoms with Gasteiger partial charge in [0, 0.05) is 18.9 Å². The number of rotatable bonds is 4. The average molecular weight is 415 g/mol. The molecule has 1 aliphatic heterocycles. The number of carbonyl (C=O) groups is 2. The molecule has 0 unspecified atom stereocenters. The molecule has 0 spiro atoms. The number of likely N-dealkylation sites (N-methyl/N-ethyl adjacent to an activating group) is 1. The lowest BCUT2D eigenvalue weighted by atomic mass is 9.86. The Hall–Kier alpha value is -4.01. The van der Waals surface area contributed by atoms with Gasteiger partial charge in [-0.15, -0.1) is 0 Å². The number of nitrogens with one attached hydrogen (secondary N) is 3. The number of aromatic amines is 2. The second kappa shape index (κ2) is 6.76. The van der Waals surface area contributed by atoms with Crippen LogP contribution in [0, 0.1) is 0 Å². The molecule has 1 aromatic carbocycles. The summed E-state index contributed by atoms with van der Waals surface area (Å²) >= 11 is 0. The Labute approximate surface area is 177 Å². The SMILES string of the molecule is CCN1C(=O)C(C)(C)c2cc3[nH]c(-c4n[nH]cc4NC(=O)c4ccccn4)nc3cc21. The van der Waals surface area contributed by atoms with Crippen LogP contribution in [-0.4, -0.2) is 43.5 Å². The minimum Gasteiger partial charge on any atom is -0.337 e. The van der Waals surface area contributed by atoms with E-state index in [1.54, 1.807) is 35.5 Å². The highest BCUT2D eigenvalue weighted by Gasteiger charge is 2.43. The topological polar surface area (TPSA) is 120 Å². The third kappa shape index (κ3) is 2.89. The maximum atomic E-state index is 12.8. The van der Waals surface area contributed by atoms with Crippen LogP contribution in [0.4, 0.5) is 11.4 Å². The molecule has 0 aliphatic carbocycles. The number of hydrogen-bond acceptors (Lipinski definition) is 5. The number of benzene rings is 1. The highest BCUT2D eigenvalue weighted by molar-refractivity contribution is 6.09. The number of amides is 2. The number of aromatic nitrogens is 5. The van der Waals surface area contributed by atoms with Gasteiger partial charge in [0.2, 0.25) is 5.91 Å². The molecule has 0 radical (unpaired) electrons. The molecule has 1 aliphatic rings. The summed E-state index contributed by atoms with van der Waals surface area (Å²) < 4.78 is 0. The lowest BCUT2D eigenvalue weighted by Gasteiger charge is -2.18. The van der Waals surface area contributed by atoms with Gasteiger partial charge in [0.15, 0.2) is 11.5 Å². The quantitative estimate of drug-likeness (QED) is 0.473. The van der Waals surface area contributed by atoms with Crippen molar-refractivity contribution in [3.63, 3.8) is 0 Å². The first-order valence-corrected chi connectivity index (χ1v) is 10.0. The van der Waals surface area contributed by atoms with Gasteiger partial charge in [-0.1, -0.05) is 6.07 Å². The number of anilines is 2. The lowest BCUT2D eigenvalue weighted by Crippen LogP contribution is -2.35. The molecule has 5 rings (SSSR count). The Kier molecular flexibility index (Phi) is 4.14. The van der Waals surface area contributed by atoms with Gasteiger partial charge in [0.1, 0.15) is 5.69 Å². The maximum absolute atomic E-state index is 12.8. The van der Waals surface area contributed by atoms with Gasteiger partial charge in [-0.25, -0.2) is 4.98 Å². The van der Waals surface area contributed by atoms with Crippen molar-refractivity contribution in [2.24, 2.45) is 0 Å². The van der Waals surface area contributed by atoms with Crippen LogP contribution in [0.1, 0.15) is 36.8 Å². The Morgan fingerprint density at radius 2 is 2.10 bits per heavy atom. The van der Waals surface area contributed by atoms with Gasteiger partial charge in [-0.05, 0) is 50.6 Å². The van der Waals surface area contributed by atoms with Crippen LogP contribution >= 0.6 is 0 Å². The Morgan fingerprint density at radius 1 is 1.26 bits per heavy atom. The summed E-state index contributed by atoms with van der Waals surface area (Å²) in [4.78, 5) is 39.1. The van der Waals surface area contributed by atoms with Crippen molar-refractivity contribution in [3.05, 3.63) is 54.0 Å². The molecule has 2 amide bonds. The van der Waals surface area contributed by atoms with E-state index < -0.39 is 5.41 Å². The van der Waals surface area contributed by atoms with Crippen molar-refractivity contribution >= 4 is 34.2 Å². The van der Waals surface area contributed by atoms with Gasteiger partial charge in [0.25, 0.3) is 5.91 Å². The van der Waals surface area contributed by atoms with E-state index in [0.717, 1.165) is 22.3 Å². The van der Waals surface area contributed by atoms with Gasteiger partial charge in [-0.2, -0.15) is 5.10 Å². The van der Waals surface area contributed by atoms with E-state index in [1.807, 2.05) is 32.9 Å². The standard InChI is InChI=1S/C22H21N7O2/c1-4-29-17-10-15-14(9-12(17)22(2,3)21(29)31)25-19(26-15)18-16(11-24-28-18)27-20(30)13-7-5-6-8-23-13/h5-11H,4H2,1-3H3,(H,24,28)(H,25,26)(H,27,30). The molecule has 0 fully saturated rings. The molecule has 9 nitrogen and oxygen atoms in total. The molecule has 3 aromatic heterocycles. The minimum absolute atomic E-state index is 0.0877. The van der Waals surface area contributed by atoms with E-state index in [2.05, 4.69) is 30.5 Å². The molecule has 31 heavy (non-hydrogen) atoms. The number of hydrogen-bond donors (Lipinski definition) is 3. The van der Waals surface area contributed by atoms with Crippen molar-refractivity contribution in [2.75, 3.05) is 16.8 Å². The monoisotopic (exact) mass is 415 g/mol. The summed E-state index contributed by atoms with van der Waals surface area (Å²) in [5, 5.41) is 9.86. The number of carbonyl (C=O) groups excluding carboxylic acids is 2. The van der Waals surface area contributed by atoms with Gasteiger partial charge < -0.3 is 15.2 Å². The van der Waals surface area contributed by atoms with Crippen LogP contribution in [-0.2, 0) is 10.2 Å². The zero-order chi connectivity index (χ0) is 21.8. The summed E-state index contributed by atoms with van der Waals surface area (Å²) in [5.74, 6) is 0.269. The molecule has 9 heteroatoms. The van der Waals surface area contributed by atoms with E-state index >= 15 is 0 Å². The molecule has 0 atom stereocenters. The number of fused-ring (bicyclic) bond motifs is 2. The van der Waals surface area contributed by atoms with Crippen molar-refractivity contribution in [1.82, 2.24) is 25.1 Å².